The summed E-state index contributed by atoms with van der Waals surface area (Å²) in [4.78, 5) is 12.2. The third kappa shape index (κ3) is 3.42. The smallest absolute Gasteiger partial charge is 0.284 e. The molecule has 0 saturated heterocycles. The van der Waals surface area contributed by atoms with Gasteiger partial charge in [0.25, 0.3) is 5.91 Å². The van der Waals surface area contributed by atoms with E-state index in [4.69, 9.17) is 15.2 Å². The Kier molecular flexibility index (Phi) is 4.14. The van der Waals surface area contributed by atoms with Crippen LogP contribution in [0.25, 0.3) is 0 Å². The summed E-state index contributed by atoms with van der Waals surface area (Å²) in [5.74, 6) is 0.828. The molecule has 6 nitrogen and oxygen atoms in total. The molecule has 23 heavy (non-hydrogen) atoms. The van der Waals surface area contributed by atoms with Crippen LogP contribution in [0.2, 0.25) is 0 Å². The van der Waals surface area contributed by atoms with Gasteiger partial charge in [-0.3, -0.25) is 4.79 Å². The van der Waals surface area contributed by atoms with Crippen molar-refractivity contribution in [1.82, 2.24) is 5.43 Å². The van der Waals surface area contributed by atoms with Crippen LogP contribution in [0.4, 0.5) is 5.69 Å². The van der Waals surface area contributed by atoms with Crippen molar-refractivity contribution in [3.8, 4) is 11.5 Å². The summed E-state index contributed by atoms with van der Waals surface area (Å²) in [6.45, 7) is 1.94. The van der Waals surface area contributed by atoms with Gasteiger partial charge in [0.05, 0.1) is 5.71 Å². The molecule has 1 aliphatic rings. The van der Waals surface area contributed by atoms with Gasteiger partial charge in [0.15, 0.2) is 11.5 Å². The summed E-state index contributed by atoms with van der Waals surface area (Å²) < 4.78 is 11.1. The molecule has 1 atom stereocenters. The number of para-hydroxylation sites is 2. The zero-order chi connectivity index (χ0) is 16.2. The first kappa shape index (κ1) is 14.9. The average Bonchev–Trinajstić information content (AvgIpc) is 2.59. The molecule has 1 heterocycles. The molecule has 6 heteroatoms. The van der Waals surface area contributed by atoms with Crippen molar-refractivity contribution in [1.29, 1.82) is 0 Å². The molecular formula is C17H17N3O3. The number of amides is 1. The summed E-state index contributed by atoms with van der Waals surface area (Å²) in [5.41, 5.74) is 10.4. The number of rotatable bonds is 3. The number of carbonyl (C=O) groups excluding carboxylic acids is 1. The highest BCUT2D eigenvalue weighted by atomic mass is 16.6. The number of ether oxygens (including phenoxy) is 2. The van der Waals surface area contributed by atoms with Gasteiger partial charge in [-0.25, -0.2) is 5.43 Å². The fraction of sp³-hybridized carbons (Fsp3) is 0.176. The SMILES string of the molecule is C/C(=N/NC(=O)[C@@H]1COc2ccccc2O1)c1cccc(N)c1. The van der Waals surface area contributed by atoms with Crippen molar-refractivity contribution >= 4 is 17.3 Å². The van der Waals surface area contributed by atoms with Crippen LogP contribution in [0.3, 0.4) is 0 Å². The molecule has 3 N–H and O–H groups in total. The van der Waals surface area contributed by atoms with Gasteiger partial charge in [0.1, 0.15) is 6.61 Å². The molecule has 1 aliphatic heterocycles. The number of carbonyl (C=O) groups is 1. The van der Waals surface area contributed by atoms with Gasteiger partial charge in [-0.1, -0.05) is 24.3 Å². The lowest BCUT2D eigenvalue weighted by Gasteiger charge is -2.24. The molecule has 0 radical (unpaired) electrons. The summed E-state index contributed by atoms with van der Waals surface area (Å²) in [6.07, 6.45) is -0.734. The number of hydrogen-bond donors (Lipinski definition) is 2. The van der Waals surface area contributed by atoms with Crippen LogP contribution in [0.5, 0.6) is 11.5 Å². The van der Waals surface area contributed by atoms with E-state index in [1.807, 2.05) is 24.3 Å². The van der Waals surface area contributed by atoms with E-state index < -0.39 is 6.10 Å². The highest BCUT2D eigenvalue weighted by molar-refractivity contribution is 6.00. The second-order valence-electron chi connectivity index (χ2n) is 5.16. The van der Waals surface area contributed by atoms with E-state index in [0.717, 1.165) is 5.56 Å². The number of anilines is 1. The number of nitrogens with one attached hydrogen (secondary N) is 1. The predicted molar refractivity (Wildman–Crippen MR) is 87.6 cm³/mol. The highest BCUT2D eigenvalue weighted by Gasteiger charge is 2.27. The molecule has 0 unspecified atom stereocenters. The van der Waals surface area contributed by atoms with E-state index in [-0.39, 0.29) is 12.5 Å². The molecule has 0 saturated carbocycles. The van der Waals surface area contributed by atoms with Gasteiger partial charge in [-0.05, 0) is 36.8 Å². The van der Waals surface area contributed by atoms with E-state index in [2.05, 4.69) is 10.5 Å². The number of nitrogens with zero attached hydrogens (tertiary/aromatic N) is 1. The molecule has 0 aromatic heterocycles. The molecule has 0 spiro atoms. The summed E-state index contributed by atoms with van der Waals surface area (Å²) in [6, 6.07) is 14.5. The summed E-state index contributed by atoms with van der Waals surface area (Å²) in [5, 5.41) is 4.09. The first-order valence-electron chi connectivity index (χ1n) is 7.22. The lowest BCUT2D eigenvalue weighted by molar-refractivity contribution is -0.130. The van der Waals surface area contributed by atoms with Gasteiger partial charge in [-0.15, -0.1) is 0 Å². The van der Waals surface area contributed by atoms with Crippen LogP contribution in [0.1, 0.15) is 12.5 Å². The Morgan fingerprint density at radius 3 is 2.78 bits per heavy atom. The van der Waals surface area contributed by atoms with Crippen LogP contribution >= 0.6 is 0 Å². The number of nitrogen functional groups attached to an aromatic ring is 1. The lowest BCUT2D eigenvalue weighted by Crippen LogP contribution is -2.42. The van der Waals surface area contributed by atoms with Crippen molar-refractivity contribution < 1.29 is 14.3 Å². The van der Waals surface area contributed by atoms with Gasteiger partial charge >= 0.3 is 0 Å². The van der Waals surface area contributed by atoms with Gasteiger partial charge in [0.2, 0.25) is 6.10 Å². The van der Waals surface area contributed by atoms with E-state index >= 15 is 0 Å². The Labute approximate surface area is 133 Å². The van der Waals surface area contributed by atoms with Gasteiger partial charge < -0.3 is 15.2 Å². The molecule has 2 aromatic rings. The van der Waals surface area contributed by atoms with Crippen molar-refractivity contribution in [2.24, 2.45) is 5.10 Å². The van der Waals surface area contributed by atoms with E-state index in [1.165, 1.54) is 0 Å². The Bertz CT molecular complexity index is 758. The topological polar surface area (TPSA) is 85.9 Å². The highest BCUT2D eigenvalue weighted by Crippen LogP contribution is 2.30. The molecule has 0 fully saturated rings. The van der Waals surface area contributed by atoms with Crippen molar-refractivity contribution in [2.45, 2.75) is 13.0 Å². The maximum Gasteiger partial charge on any atom is 0.284 e. The Morgan fingerprint density at radius 1 is 1.22 bits per heavy atom. The maximum absolute atomic E-state index is 12.2. The van der Waals surface area contributed by atoms with Crippen molar-refractivity contribution in [3.63, 3.8) is 0 Å². The van der Waals surface area contributed by atoms with E-state index in [0.29, 0.717) is 22.9 Å². The fourth-order valence-corrected chi connectivity index (χ4v) is 2.19. The second-order valence-corrected chi connectivity index (χ2v) is 5.16. The maximum atomic E-state index is 12.2. The van der Waals surface area contributed by atoms with Gasteiger partial charge in [0, 0.05) is 5.69 Å². The molecule has 0 aliphatic carbocycles. The fourth-order valence-electron chi connectivity index (χ4n) is 2.19. The van der Waals surface area contributed by atoms with Crippen LogP contribution < -0.4 is 20.6 Å². The van der Waals surface area contributed by atoms with Crippen molar-refractivity contribution in [3.05, 3.63) is 54.1 Å². The zero-order valence-electron chi connectivity index (χ0n) is 12.7. The minimum absolute atomic E-state index is 0.149. The molecule has 1 amide bonds. The standard InChI is InChI=1S/C17H17N3O3/c1-11(12-5-4-6-13(18)9-12)19-20-17(21)16-10-22-14-7-2-3-8-15(14)23-16/h2-9,16H,10,18H2,1H3,(H,20,21)/b19-11-/t16-/m0/s1. The third-order valence-electron chi connectivity index (χ3n) is 3.44. The quantitative estimate of drug-likeness (QED) is 0.515. The number of hydrogen-bond acceptors (Lipinski definition) is 5. The largest absolute Gasteiger partial charge is 0.485 e. The number of benzene rings is 2. The number of hydrazone groups is 1. The summed E-state index contributed by atoms with van der Waals surface area (Å²) >= 11 is 0. The van der Waals surface area contributed by atoms with Crippen LogP contribution in [0, 0.1) is 0 Å². The Morgan fingerprint density at radius 2 is 2.00 bits per heavy atom. The summed E-state index contributed by atoms with van der Waals surface area (Å²) in [7, 11) is 0. The monoisotopic (exact) mass is 311 g/mol. The number of fused-ring (bicyclic) bond motifs is 1. The second kappa shape index (κ2) is 6.39. The lowest BCUT2D eigenvalue weighted by atomic mass is 10.1. The Hall–Kier alpha value is -3.02. The molecule has 3 rings (SSSR count). The molecular weight excluding hydrogens is 294 g/mol. The minimum Gasteiger partial charge on any atom is -0.485 e. The first-order chi connectivity index (χ1) is 11.1. The van der Waals surface area contributed by atoms with Crippen molar-refractivity contribution in [2.75, 3.05) is 12.3 Å². The van der Waals surface area contributed by atoms with Crippen LogP contribution in [0.15, 0.2) is 53.6 Å². The normalized spacial score (nSPS) is 16.7. The molecule has 0 bridgehead atoms. The zero-order valence-corrected chi connectivity index (χ0v) is 12.7. The third-order valence-corrected chi connectivity index (χ3v) is 3.44. The van der Waals surface area contributed by atoms with E-state index in [1.54, 1.807) is 31.2 Å². The molecule has 2 aromatic carbocycles. The van der Waals surface area contributed by atoms with Gasteiger partial charge in [-0.2, -0.15) is 5.10 Å². The average molecular weight is 311 g/mol. The Balaban J connectivity index is 1.65. The van der Waals surface area contributed by atoms with E-state index in [9.17, 15) is 4.79 Å². The molecule has 118 valence electrons. The predicted octanol–water partition coefficient (Wildman–Crippen LogP) is 1.95. The first-order valence-corrected chi connectivity index (χ1v) is 7.22. The number of nitrogens with two attached hydrogens (primary N) is 1. The van der Waals surface area contributed by atoms with Crippen LogP contribution in [-0.2, 0) is 4.79 Å². The minimum atomic E-state index is -0.734. The van der Waals surface area contributed by atoms with Crippen LogP contribution in [-0.4, -0.2) is 24.3 Å².